The second kappa shape index (κ2) is 4.87. The molecule has 1 heterocycles. The molecule has 1 aromatic carbocycles. The Balaban J connectivity index is 1.53. The van der Waals surface area contributed by atoms with E-state index in [1.807, 2.05) is 12.1 Å². The minimum atomic E-state index is -0.147. The van der Waals surface area contributed by atoms with Crippen LogP contribution in [-0.2, 0) is 11.2 Å². The molecule has 3 nitrogen and oxygen atoms in total. The molecule has 24 heavy (non-hydrogen) atoms. The highest BCUT2D eigenvalue weighted by Crippen LogP contribution is 2.63. The number of carbonyl (C=O) groups is 1. The van der Waals surface area contributed by atoms with Gasteiger partial charge in [0.15, 0.2) is 0 Å². The van der Waals surface area contributed by atoms with Crippen LogP contribution in [0.4, 0.5) is 5.69 Å². The maximum absolute atomic E-state index is 13.7. The van der Waals surface area contributed by atoms with E-state index in [4.69, 9.17) is 4.74 Å². The molecule has 3 aliphatic carbocycles. The van der Waals surface area contributed by atoms with E-state index < -0.39 is 0 Å². The second-order valence-corrected chi connectivity index (χ2v) is 8.36. The number of hydrogen-bond donors (Lipinski definition) is 0. The Morgan fingerprint density at radius 2 is 2.17 bits per heavy atom. The molecular weight excluding hydrogens is 298 g/mol. The van der Waals surface area contributed by atoms with Crippen molar-refractivity contribution in [1.82, 2.24) is 0 Å². The summed E-state index contributed by atoms with van der Waals surface area (Å²) in [7, 11) is 1.70. The normalized spacial score (nSPS) is 35.8. The SMILES string of the molecule is COc1cccc2c1N(C(=O)C13CC(C)C=C4CC(C1)C4C3)CC2. The van der Waals surface area contributed by atoms with Gasteiger partial charge in [-0.25, -0.2) is 0 Å². The summed E-state index contributed by atoms with van der Waals surface area (Å²) in [5, 5.41) is 0. The number of para-hydroxylation sites is 1. The lowest BCUT2D eigenvalue weighted by Gasteiger charge is -2.37. The molecule has 3 heteroatoms. The van der Waals surface area contributed by atoms with Crippen molar-refractivity contribution in [1.29, 1.82) is 0 Å². The van der Waals surface area contributed by atoms with Gasteiger partial charge in [0.1, 0.15) is 5.75 Å². The molecular formula is C21H25NO2. The third-order valence-corrected chi connectivity index (χ3v) is 6.89. The van der Waals surface area contributed by atoms with Crippen molar-refractivity contribution < 1.29 is 9.53 Å². The number of fused-ring (bicyclic) bond motifs is 2. The van der Waals surface area contributed by atoms with Crippen LogP contribution in [0.1, 0.15) is 38.2 Å². The third-order valence-electron chi connectivity index (χ3n) is 6.89. The fourth-order valence-corrected chi connectivity index (χ4v) is 5.99. The summed E-state index contributed by atoms with van der Waals surface area (Å²) in [5.74, 6) is 3.18. The molecule has 2 saturated carbocycles. The Morgan fingerprint density at radius 1 is 1.29 bits per heavy atom. The van der Waals surface area contributed by atoms with Gasteiger partial charge in [0.2, 0.25) is 5.91 Å². The lowest BCUT2D eigenvalue weighted by Crippen LogP contribution is -2.43. The molecule has 0 spiro atoms. The van der Waals surface area contributed by atoms with Gasteiger partial charge in [-0.1, -0.05) is 30.7 Å². The van der Waals surface area contributed by atoms with Crippen LogP contribution in [0, 0.1) is 23.2 Å². The molecule has 1 aromatic rings. The monoisotopic (exact) mass is 323 g/mol. The highest BCUT2D eigenvalue weighted by Gasteiger charge is 2.58. The molecule has 0 radical (unpaired) electrons. The van der Waals surface area contributed by atoms with Gasteiger partial charge in [0, 0.05) is 6.54 Å². The van der Waals surface area contributed by atoms with Gasteiger partial charge in [-0.05, 0) is 61.5 Å². The van der Waals surface area contributed by atoms with E-state index in [-0.39, 0.29) is 5.41 Å². The molecule has 126 valence electrons. The van der Waals surface area contributed by atoms with E-state index in [1.54, 1.807) is 12.7 Å². The highest BCUT2D eigenvalue weighted by atomic mass is 16.5. The fourth-order valence-electron chi connectivity index (χ4n) is 5.99. The van der Waals surface area contributed by atoms with E-state index in [0.717, 1.165) is 49.6 Å². The minimum Gasteiger partial charge on any atom is -0.495 e. The zero-order valence-electron chi connectivity index (χ0n) is 14.5. The maximum atomic E-state index is 13.7. The lowest BCUT2D eigenvalue weighted by atomic mass is 9.69. The van der Waals surface area contributed by atoms with Gasteiger partial charge in [-0.2, -0.15) is 0 Å². The smallest absolute Gasteiger partial charge is 0.233 e. The Morgan fingerprint density at radius 3 is 3.00 bits per heavy atom. The first-order valence-corrected chi connectivity index (χ1v) is 9.30. The Bertz CT molecular complexity index is 752. The molecule has 1 aliphatic heterocycles. The molecule has 0 N–H and O–H groups in total. The van der Waals surface area contributed by atoms with Crippen molar-refractivity contribution in [3.63, 3.8) is 0 Å². The average Bonchev–Trinajstić information content (AvgIpc) is 3.08. The van der Waals surface area contributed by atoms with Crippen LogP contribution in [0.2, 0.25) is 0 Å². The number of methoxy groups -OCH3 is 1. The zero-order chi connectivity index (χ0) is 16.5. The molecule has 4 atom stereocenters. The van der Waals surface area contributed by atoms with Crippen molar-refractivity contribution in [3.05, 3.63) is 35.4 Å². The second-order valence-electron chi connectivity index (χ2n) is 8.36. The Kier molecular flexibility index (Phi) is 2.96. The van der Waals surface area contributed by atoms with Crippen molar-refractivity contribution in [3.8, 4) is 5.75 Å². The molecule has 4 aliphatic rings. The van der Waals surface area contributed by atoms with E-state index in [1.165, 1.54) is 12.0 Å². The first-order valence-electron chi connectivity index (χ1n) is 9.30. The minimum absolute atomic E-state index is 0.147. The number of hydrogen-bond acceptors (Lipinski definition) is 2. The van der Waals surface area contributed by atoms with Gasteiger partial charge >= 0.3 is 0 Å². The van der Waals surface area contributed by atoms with E-state index >= 15 is 0 Å². The zero-order valence-corrected chi connectivity index (χ0v) is 14.5. The van der Waals surface area contributed by atoms with Crippen LogP contribution in [0.25, 0.3) is 0 Å². The van der Waals surface area contributed by atoms with Crippen molar-refractivity contribution in [2.45, 2.75) is 39.0 Å². The summed E-state index contributed by atoms with van der Waals surface area (Å²) in [6, 6.07) is 6.15. The molecule has 0 aromatic heterocycles. The van der Waals surface area contributed by atoms with Crippen LogP contribution in [-0.4, -0.2) is 19.6 Å². The standard InChI is InChI=1S/C21H25NO2/c1-13-8-15-9-16-11-21(10-13,12-17(15)16)20(23)22-7-6-14-4-3-5-18(24-2)19(14)22/h3-5,8,13,16-17H,6-7,9-12H2,1-2H3. The quantitative estimate of drug-likeness (QED) is 0.771. The summed E-state index contributed by atoms with van der Waals surface area (Å²) in [6.07, 6.45) is 7.84. The number of nitrogens with zero attached hydrogens (tertiary/aromatic N) is 1. The maximum Gasteiger partial charge on any atom is 0.233 e. The first kappa shape index (κ1) is 14.6. The van der Waals surface area contributed by atoms with E-state index in [2.05, 4.69) is 24.0 Å². The van der Waals surface area contributed by atoms with Gasteiger partial charge in [-0.15, -0.1) is 0 Å². The van der Waals surface area contributed by atoms with Gasteiger partial charge in [0.25, 0.3) is 0 Å². The fraction of sp³-hybridized carbons (Fsp3) is 0.571. The molecule has 1 amide bonds. The number of carbonyl (C=O) groups excluding carboxylic acids is 1. The third kappa shape index (κ3) is 1.81. The highest BCUT2D eigenvalue weighted by molar-refractivity contribution is 6.01. The molecule has 5 rings (SSSR count). The predicted octanol–water partition coefficient (Wildman–Crippen LogP) is 3.97. The number of amides is 1. The summed E-state index contributed by atoms with van der Waals surface area (Å²) < 4.78 is 5.57. The van der Waals surface area contributed by atoms with Crippen LogP contribution in [0.15, 0.2) is 29.8 Å². The van der Waals surface area contributed by atoms with Gasteiger partial charge in [-0.3, -0.25) is 4.79 Å². The summed E-state index contributed by atoms with van der Waals surface area (Å²) in [6.45, 7) is 3.09. The number of benzene rings is 1. The van der Waals surface area contributed by atoms with Crippen molar-refractivity contribution >= 4 is 11.6 Å². The van der Waals surface area contributed by atoms with Crippen LogP contribution >= 0.6 is 0 Å². The van der Waals surface area contributed by atoms with Crippen molar-refractivity contribution in [2.24, 2.45) is 23.2 Å². The number of rotatable bonds is 2. The van der Waals surface area contributed by atoms with Gasteiger partial charge in [0.05, 0.1) is 18.2 Å². The van der Waals surface area contributed by atoms with E-state index in [9.17, 15) is 4.79 Å². The largest absolute Gasteiger partial charge is 0.495 e. The summed E-state index contributed by atoms with van der Waals surface area (Å²) in [5.41, 5.74) is 3.77. The summed E-state index contributed by atoms with van der Waals surface area (Å²) in [4.78, 5) is 15.8. The van der Waals surface area contributed by atoms with Crippen LogP contribution < -0.4 is 9.64 Å². The summed E-state index contributed by atoms with van der Waals surface area (Å²) >= 11 is 0. The topological polar surface area (TPSA) is 29.5 Å². The van der Waals surface area contributed by atoms with Crippen LogP contribution in [0.5, 0.6) is 5.75 Å². The Labute approximate surface area is 143 Å². The van der Waals surface area contributed by atoms with Crippen LogP contribution in [0.3, 0.4) is 0 Å². The molecule has 0 saturated heterocycles. The number of anilines is 1. The number of allylic oxidation sites excluding steroid dienone is 2. The number of ether oxygens (including phenoxy) is 1. The molecule has 4 unspecified atom stereocenters. The van der Waals surface area contributed by atoms with Gasteiger partial charge < -0.3 is 9.64 Å². The van der Waals surface area contributed by atoms with Crippen molar-refractivity contribution in [2.75, 3.05) is 18.6 Å². The molecule has 2 bridgehead atoms. The lowest BCUT2D eigenvalue weighted by molar-refractivity contribution is -0.129. The molecule has 2 fully saturated rings. The van der Waals surface area contributed by atoms with E-state index in [0.29, 0.717) is 17.7 Å². The predicted molar refractivity (Wildman–Crippen MR) is 94.2 cm³/mol. The Hall–Kier alpha value is -1.77. The average molecular weight is 323 g/mol. The first-order chi connectivity index (χ1) is 11.6.